The lowest BCUT2D eigenvalue weighted by molar-refractivity contribution is -0.134. The molecule has 264 valence electrons. The van der Waals surface area contributed by atoms with E-state index in [0.29, 0.717) is 37.0 Å². The lowest BCUT2D eigenvalue weighted by Crippen LogP contribution is -2.58. The van der Waals surface area contributed by atoms with Crippen LogP contribution in [-0.4, -0.2) is 86.1 Å². The summed E-state index contributed by atoms with van der Waals surface area (Å²) in [4.78, 5) is 75.4. The fourth-order valence-corrected chi connectivity index (χ4v) is 6.48. The summed E-state index contributed by atoms with van der Waals surface area (Å²) < 4.78 is 2.47. The summed E-state index contributed by atoms with van der Waals surface area (Å²) in [6.45, 7) is 5.84. The Morgan fingerprint density at radius 1 is 1.12 bits per heavy atom. The molecule has 0 unspecified atom stereocenters. The standard InChI is InChI=1S/C32H45N11O5S/c1-18(2)15-24-29(47)38-23(10-6-7-14-43-17-20(41-42-43)16-25(30(48)39-24)36-19(3)44)28(46)37-22(11-8-13-35-32(33)34)27(45)31-40-21-9-4-5-12-26(21)49-31/h4-5,9,12,17-18,22-25H,6-8,10-11,13-16H2,1-3H3,(H,36,44)(H,37,46)(H,38,47)(H,39,48)(H4,33,34,35)/t22-,23+,24-,25-/m0/s1. The van der Waals surface area contributed by atoms with E-state index in [-0.39, 0.29) is 54.9 Å². The smallest absolute Gasteiger partial charge is 0.243 e. The number of Topliss-reactive ketones (excluding diaryl/α,β-unsaturated/α-hetero) is 1. The number of aromatic nitrogens is 4. The second kappa shape index (κ2) is 17.5. The molecule has 2 bridgehead atoms. The highest BCUT2D eigenvalue weighted by Gasteiger charge is 2.33. The van der Waals surface area contributed by atoms with Crippen molar-refractivity contribution < 1.29 is 24.0 Å². The number of amides is 4. The number of nitrogens with one attached hydrogen (secondary N) is 4. The van der Waals surface area contributed by atoms with Crippen molar-refractivity contribution in [3.05, 3.63) is 41.2 Å². The highest BCUT2D eigenvalue weighted by Crippen LogP contribution is 2.23. The average Bonchev–Trinajstić information content (AvgIpc) is 3.68. The van der Waals surface area contributed by atoms with E-state index in [9.17, 15) is 24.0 Å². The Bertz CT molecular complexity index is 1630. The molecule has 49 heavy (non-hydrogen) atoms. The van der Waals surface area contributed by atoms with E-state index >= 15 is 0 Å². The van der Waals surface area contributed by atoms with Gasteiger partial charge in [-0.05, 0) is 56.6 Å². The minimum atomic E-state index is -1.02. The molecule has 0 fully saturated rings. The van der Waals surface area contributed by atoms with E-state index in [4.69, 9.17) is 11.5 Å². The number of hydrogen-bond donors (Lipinski definition) is 6. The number of nitrogens with zero attached hydrogens (tertiary/aromatic N) is 5. The molecule has 1 aliphatic heterocycles. The average molecular weight is 696 g/mol. The van der Waals surface area contributed by atoms with Gasteiger partial charge in [-0.15, -0.1) is 16.4 Å². The first-order valence-corrected chi connectivity index (χ1v) is 17.2. The van der Waals surface area contributed by atoms with Crippen LogP contribution in [0.25, 0.3) is 10.2 Å². The van der Waals surface area contributed by atoms with Crippen molar-refractivity contribution in [2.75, 3.05) is 6.54 Å². The third kappa shape index (κ3) is 11.1. The van der Waals surface area contributed by atoms with Gasteiger partial charge in [0, 0.05) is 32.6 Å². The number of para-hydroxylation sites is 1. The highest BCUT2D eigenvalue weighted by molar-refractivity contribution is 7.20. The Labute approximate surface area is 288 Å². The quantitative estimate of drug-likeness (QED) is 0.0705. The van der Waals surface area contributed by atoms with Gasteiger partial charge in [0.05, 0.1) is 22.0 Å². The van der Waals surface area contributed by atoms with Gasteiger partial charge in [-0.3, -0.25) is 33.6 Å². The number of benzene rings is 1. The van der Waals surface area contributed by atoms with E-state index < -0.39 is 47.8 Å². The maximum absolute atomic E-state index is 13.9. The molecule has 1 aliphatic rings. The van der Waals surface area contributed by atoms with Crippen molar-refractivity contribution >= 4 is 56.9 Å². The zero-order valence-electron chi connectivity index (χ0n) is 28.0. The SMILES string of the molecule is CC(=O)N[C@H]1Cc2cn(nn2)CCCC[C@H](C(=O)N[C@@H](CCCN=C(N)N)C(=O)c2nc3ccccc3s2)NC(=O)[C@H](CC(C)C)NC1=O. The predicted octanol–water partition coefficient (Wildman–Crippen LogP) is 0.556. The number of aryl methyl sites for hydroxylation is 1. The number of nitrogens with two attached hydrogens (primary N) is 2. The van der Waals surface area contributed by atoms with Crippen LogP contribution in [-0.2, 0) is 32.1 Å². The minimum absolute atomic E-state index is 0.00514. The van der Waals surface area contributed by atoms with Gasteiger partial charge in [0.1, 0.15) is 18.1 Å². The van der Waals surface area contributed by atoms with Crippen molar-refractivity contribution in [2.45, 2.75) is 96.4 Å². The van der Waals surface area contributed by atoms with Gasteiger partial charge in [-0.2, -0.15) is 0 Å². The first kappa shape index (κ1) is 36.9. The first-order chi connectivity index (χ1) is 23.4. The Kier molecular flexibility index (Phi) is 13.1. The van der Waals surface area contributed by atoms with Gasteiger partial charge in [-0.1, -0.05) is 31.2 Å². The summed E-state index contributed by atoms with van der Waals surface area (Å²) in [5.74, 6) is -2.52. The van der Waals surface area contributed by atoms with Crippen LogP contribution in [0.2, 0.25) is 0 Å². The van der Waals surface area contributed by atoms with E-state index in [2.05, 4.69) is 41.6 Å². The van der Waals surface area contributed by atoms with Crippen molar-refractivity contribution in [1.82, 2.24) is 41.2 Å². The summed E-state index contributed by atoms with van der Waals surface area (Å²) >= 11 is 1.24. The third-order valence-electron chi connectivity index (χ3n) is 7.88. The monoisotopic (exact) mass is 695 g/mol. The van der Waals surface area contributed by atoms with Crippen LogP contribution in [0.1, 0.15) is 74.8 Å². The topological polar surface area (TPSA) is 241 Å². The molecule has 16 nitrogen and oxygen atoms in total. The van der Waals surface area contributed by atoms with E-state index in [0.717, 1.165) is 4.70 Å². The second-order valence-corrected chi connectivity index (χ2v) is 13.6. The van der Waals surface area contributed by atoms with Gasteiger partial charge < -0.3 is 32.7 Å². The summed E-state index contributed by atoms with van der Waals surface area (Å²) in [5.41, 5.74) is 12.1. The molecule has 4 rings (SSSR count). The number of rotatable bonds is 11. The summed E-state index contributed by atoms with van der Waals surface area (Å²) in [5, 5.41) is 19.7. The summed E-state index contributed by atoms with van der Waals surface area (Å²) in [6.07, 6.45) is 4.09. The highest BCUT2D eigenvalue weighted by atomic mass is 32.1. The van der Waals surface area contributed by atoms with E-state index in [1.54, 1.807) is 10.9 Å². The summed E-state index contributed by atoms with van der Waals surface area (Å²) in [6, 6.07) is 3.39. The van der Waals surface area contributed by atoms with Crippen molar-refractivity contribution in [1.29, 1.82) is 0 Å². The van der Waals surface area contributed by atoms with Gasteiger partial charge in [0.25, 0.3) is 0 Å². The van der Waals surface area contributed by atoms with Gasteiger partial charge in [0.15, 0.2) is 11.0 Å². The minimum Gasteiger partial charge on any atom is -0.370 e. The maximum Gasteiger partial charge on any atom is 0.243 e. The molecule has 3 aromatic rings. The number of ketones is 1. The van der Waals surface area contributed by atoms with E-state index in [1.165, 1.54) is 18.3 Å². The number of carbonyl (C=O) groups is 5. The number of aliphatic imine (C=N–C) groups is 1. The number of carbonyl (C=O) groups excluding carboxylic acids is 5. The Balaban J connectivity index is 1.59. The predicted molar refractivity (Wildman–Crippen MR) is 184 cm³/mol. The summed E-state index contributed by atoms with van der Waals surface area (Å²) in [7, 11) is 0. The van der Waals surface area contributed by atoms with Crippen LogP contribution >= 0.6 is 11.3 Å². The third-order valence-corrected chi connectivity index (χ3v) is 8.93. The Hall–Kier alpha value is -4.93. The number of fused-ring (bicyclic) bond motifs is 3. The van der Waals surface area contributed by atoms with Gasteiger partial charge >= 0.3 is 0 Å². The van der Waals surface area contributed by atoms with Gasteiger partial charge in [-0.25, -0.2) is 4.98 Å². The van der Waals surface area contributed by atoms with Gasteiger partial charge in [0.2, 0.25) is 29.4 Å². The van der Waals surface area contributed by atoms with Crippen LogP contribution in [0.5, 0.6) is 0 Å². The van der Waals surface area contributed by atoms with Crippen molar-refractivity contribution in [3.63, 3.8) is 0 Å². The molecular weight excluding hydrogens is 650 g/mol. The van der Waals surface area contributed by atoms with Crippen molar-refractivity contribution in [3.8, 4) is 0 Å². The van der Waals surface area contributed by atoms with Crippen LogP contribution in [0.15, 0.2) is 35.5 Å². The molecule has 17 heteroatoms. The normalized spacial score (nSPS) is 19.6. The molecule has 2 aromatic heterocycles. The number of guanidine groups is 1. The van der Waals surface area contributed by atoms with Crippen LogP contribution in [0.4, 0.5) is 0 Å². The van der Waals surface area contributed by atoms with E-state index in [1.807, 2.05) is 38.1 Å². The number of thiazole rings is 1. The fraction of sp³-hybridized carbons (Fsp3) is 0.531. The molecule has 0 radical (unpaired) electrons. The zero-order valence-corrected chi connectivity index (χ0v) is 28.8. The molecule has 8 N–H and O–H groups in total. The Morgan fingerprint density at radius 3 is 2.61 bits per heavy atom. The van der Waals surface area contributed by atoms with Crippen LogP contribution in [0, 0.1) is 5.92 Å². The first-order valence-electron chi connectivity index (χ1n) is 16.4. The second-order valence-electron chi connectivity index (χ2n) is 12.5. The molecule has 0 aliphatic carbocycles. The molecule has 4 atom stereocenters. The molecule has 0 spiro atoms. The lowest BCUT2D eigenvalue weighted by Gasteiger charge is -2.27. The maximum atomic E-state index is 13.9. The largest absolute Gasteiger partial charge is 0.370 e. The fourth-order valence-electron chi connectivity index (χ4n) is 5.52. The molecule has 3 heterocycles. The lowest BCUT2D eigenvalue weighted by atomic mass is 10.0. The number of hydrogen-bond acceptors (Lipinski definition) is 10. The Morgan fingerprint density at radius 2 is 1.90 bits per heavy atom. The molecule has 0 saturated carbocycles. The molecule has 0 saturated heterocycles. The molecule has 4 amide bonds. The van der Waals surface area contributed by atoms with Crippen LogP contribution < -0.4 is 32.7 Å². The van der Waals surface area contributed by atoms with Crippen molar-refractivity contribution in [2.24, 2.45) is 22.4 Å². The van der Waals surface area contributed by atoms with Crippen LogP contribution in [0.3, 0.4) is 0 Å². The molecular formula is C32H45N11O5S. The molecule has 1 aromatic carbocycles. The zero-order chi connectivity index (χ0) is 35.5.